The third-order valence-corrected chi connectivity index (χ3v) is 6.84. The minimum atomic E-state index is -4.18. The molecule has 0 aliphatic carbocycles. The number of benzene rings is 3. The molecule has 0 saturated heterocycles. The molecule has 0 aliphatic rings. The van der Waals surface area contributed by atoms with Crippen LogP contribution in [0.1, 0.15) is 5.56 Å². The Bertz CT molecular complexity index is 1370. The molecule has 12 nitrogen and oxygen atoms in total. The van der Waals surface area contributed by atoms with E-state index in [1.165, 1.54) is 51.8 Å². The molecule has 1 N–H and O–H groups in total. The molecular formula is C24H24N4O8S. The maximum atomic E-state index is 13.3. The first kappa shape index (κ1) is 26.9. The van der Waals surface area contributed by atoms with Gasteiger partial charge in [-0.25, -0.2) is 13.8 Å². The summed E-state index contributed by atoms with van der Waals surface area (Å²) in [6.07, 6.45) is 1.32. The fraction of sp³-hybridized carbons (Fsp3) is 0.167. The zero-order chi connectivity index (χ0) is 27.0. The molecule has 0 heterocycles. The third-order valence-electron chi connectivity index (χ3n) is 5.06. The first-order chi connectivity index (χ1) is 17.7. The van der Waals surface area contributed by atoms with Crippen LogP contribution >= 0.6 is 0 Å². The Morgan fingerprint density at radius 2 is 1.59 bits per heavy atom. The summed E-state index contributed by atoms with van der Waals surface area (Å²) in [6.45, 7) is -0.637. The monoisotopic (exact) mass is 528 g/mol. The number of amides is 1. The summed E-state index contributed by atoms with van der Waals surface area (Å²) < 4.78 is 43.3. The molecule has 3 aromatic rings. The molecular weight excluding hydrogens is 504 g/mol. The maximum absolute atomic E-state index is 13.3. The van der Waals surface area contributed by atoms with Gasteiger partial charge in [-0.1, -0.05) is 18.2 Å². The lowest BCUT2D eigenvalue weighted by atomic mass is 10.2. The summed E-state index contributed by atoms with van der Waals surface area (Å²) in [6, 6.07) is 15.6. The molecule has 0 aromatic heterocycles. The van der Waals surface area contributed by atoms with Gasteiger partial charge >= 0.3 is 0 Å². The van der Waals surface area contributed by atoms with Gasteiger partial charge in [-0.2, -0.15) is 5.10 Å². The van der Waals surface area contributed by atoms with Gasteiger partial charge in [-0.05, 0) is 36.4 Å². The number of hydrazone groups is 1. The van der Waals surface area contributed by atoms with Crippen LogP contribution in [0.15, 0.2) is 76.7 Å². The summed E-state index contributed by atoms with van der Waals surface area (Å²) >= 11 is 0. The lowest BCUT2D eigenvalue weighted by molar-refractivity contribution is -0.384. The molecule has 0 fully saturated rings. The van der Waals surface area contributed by atoms with Crippen LogP contribution in [0.3, 0.4) is 0 Å². The Morgan fingerprint density at radius 1 is 1.00 bits per heavy atom. The van der Waals surface area contributed by atoms with Crippen LogP contribution in [0.5, 0.6) is 17.2 Å². The average Bonchev–Trinajstić information content (AvgIpc) is 2.91. The van der Waals surface area contributed by atoms with Crippen molar-refractivity contribution in [3.63, 3.8) is 0 Å². The molecule has 13 heteroatoms. The second kappa shape index (κ2) is 11.9. The number of hydrogen-bond acceptors (Lipinski definition) is 9. The number of rotatable bonds is 11. The molecule has 3 rings (SSSR count). The molecule has 194 valence electrons. The van der Waals surface area contributed by atoms with Crippen molar-refractivity contribution in [1.82, 2.24) is 5.43 Å². The predicted octanol–water partition coefficient (Wildman–Crippen LogP) is 2.97. The number of nitro groups is 1. The Morgan fingerprint density at radius 3 is 2.11 bits per heavy atom. The van der Waals surface area contributed by atoms with Gasteiger partial charge in [0.05, 0.1) is 43.1 Å². The van der Waals surface area contributed by atoms with Crippen molar-refractivity contribution in [2.24, 2.45) is 5.10 Å². The number of sulfonamides is 1. The zero-order valence-corrected chi connectivity index (χ0v) is 21.0. The largest absolute Gasteiger partial charge is 0.493 e. The Labute approximate surface area is 213 Å². The molecule has 3 aromatic carbocycles. The molecule has 37 heavy (non-hydrogen) atoms. The van der Waals surface area contributed by atoms with Gasteiger partial charge in [0.25, 0.3) is 21.6 Å². The van der Waals surface area contributed by atoms with Crippen molar-refractivity contribution in [3.8, 4) is 17.2 Å². The number of methoxy groups -OCH3 is 3. The fourth-order valence-corrected chi connectivity index (χ4v) is 4.74. The SMILES string of the molecule is COc1cc(/C=N\NC(=O)CN(c2ccc([N+](=O)[O-])cc2)S(=O)(=O)c2ccccc2)cc(OC)c1OC. The van der Waals surface area contributed by atoms with E-state index in [0.717, 1.165) is 16.4 Å². The normalized spacial score (nSPS) is 11.1. The Kier molecular flexibility index (Phi) is 8.64. The van der Waals surface area contributed by atoms with E-state index in [1.54, 1.807) is 30.3 Å². The van der Waals surface area contributed by atoms with E-state index in [0.29, 0.717) is 22.8 Å². The van der Waals surface area contributed by atoms with Gasteiger partial charge < -0.3 is 14.2 Å². The van der Waals surface area contributed by atoms with Crippen molar-refractivity contribution in [3.05, 3.63) is 82.4 Å². The average molecular weight is 529 g/mol. The maximum Gasteiger partial charge on any atom is 0.269 e. The number of carbonyl (C=O) groups is 1. The molecule has 0 spiro atoms. The molecule has 0 unspecified atom stereocenters. The van der Waals surface area contributed by atoms with Crippen molar-refractivity contribution in [1.29, 1.82) is 0 Å². The van der Waals surface area contributed by atoms with Crippen molar-refractivity contribution in [2.75, 3.05) is 32.2 Å². The molecule has 0 atom stereocenters. The van der Waals surface area contributed by atoms with E-state index in [9.17, 15) is 23.3 Å². The number of non-ortho nitro benzene ring substituents is 1. The van der Waals surface area contributed by atoms with Crippen molar-refractivity contribution >= 4 is 33.5 Å². The van der Waals surface area contributed by atoms with E-state index in [1.807, 2.05) is 0 Å². The van der Waals surface area contributed by atoms with E-state index in [4.69, 9.17) is 14.2 Å². The molecule has 0 saturated carbocycles. The van der Waals surface area contributed by atoms with Gasteiger partial charge in [-0.15, -0.1) is 0 Å². The molecule has 0 aliphatic heterocycles. The molecule has 1 amide bonds. The number of anilines is 1. The number of carbonyl (C=O) groups excluding carboxylic acids is 1. The lowest BCUT2D eigenvalue weighted by Crippen LogP contribution is -2.39. The lowest BCUT2D eigenvalue weighted by Gasteiger charge is -2.23. The second-order valence-electron chi connectivity index (χ2n) is 7.35. The first-order valence-corrected chi connectivity index (χ1v) is 12.1. The van der Waals surface area contributed by atoms with Crippen LogP contribution in [-0.2, 0) is 14.8 Å². The highest BCUT2D eigenvalue weighted by Crippen LogP contribution is 2.37. The number of nitrogens with zero attached hydrogens (tertiary/aromatic N) is 3. The minimum Gasteiger partial charge on any atom is -0.493 e. The highest BCUT2D eigenvalue weighted by Gasteiger charge is 2.27. The predicted molar refractivity (Wildman–Crippen MR) is 136 cm³/mol. The first-order valence-electron chi connectivity index (χ1n) is 10.7. The van der Waals surface area contributed by atoms with Crippen molar-refractivity contribution in [2.45, 2.75) is 4.90 Å². The Hall–Kier alpha value is -4.65. The highest BCUT2D eigenvalue weighted by molar-refractivity contribution is 7.92. The number of ether oxygens (including phenoxy) is 3. The molecule has 0 bridgehead atoms. The number of nitrogens with one attached hydrogen (secondary N) is 1. The highest BCUT2D eigenvalue weighted by atomic mass is 32.2. The number of nitro benzene ring substituents is 1. The summed E-state index contributed by atoms with van der Waals surface area (Å²) in [4.78, 5) is 23.0. The minimum absolute atomic E-state index is 0.0536. The van der Waals surface area contributed by atoms with Crippen LogP contribution in [0.4, 0.5) is 11.4 Å². The van der Waals surface area contributed by atoms with Crippen LogP contribution < -0.4 is 23.9 Å². The summed E-state index contributed by atoms with van der Waals surface area (Å²) in [7, 11) is 0.202. The summed E-state index contributed by atoms with van der Waals surface area (Å²) in [5, 5.41) is 14.9. The van der Waals surface area contributed by atoms with E-state index < -0.39 is 27.4 Å². The van der Waals surface area contributed by atoms with E-state index in [-0.39, 0.29) is 16.3 Å². The van der Waals surface area contributed by atoms with Gasteiger partial charge in [-0.3, -0.25) is 19.2 Å². The summed E-state index contributed by atoms with van der Waals surface area (Å²) in [5.74, 6) is 0.401. The number of hydrogen-bond donors (Lipinski definition) is 1. The smallest absolute Gasteiger partial charge is 0.269 e. The van der Waals surface area contributed by atoms with Gasteiger partial charge in [0.2, 0.25) is 5.75 Å². The molecule has 0 radical (unpaired) electrons. The summed E-state index contributed by atoms with van der Waals surface area (Å²) in [5.41, 5.74) is 2.65. The van der Waals surface area contributed by atoms with E-state index >= 15 is 0 Å². The van der Waals surface area contributed by atoms with Gasteiger partial charge in [0, 0.05) is 17.7 Å². The van der Waals surface area contributed by atoms with Crippen LogP contribution in [0.25, 0.3) is 0 Å². The Balaban J connectivity index is 1.85. The van der Waals surface area contributed by atoms with Gasteiger partial charge in [0.1, 0.15) is 6.54 Å². The van der Waals surface area contributed by atoms with Crippen molar-refractivity contribution < 1.29 is 32.3 Å². The quantitative estimate of drug-likeness (QED) is 0.227. The second-order valence-corrected chi connectivity index (χ2v) is 9.21. The zero-order valence-electron chi connectivity index (χ0n) is 20.2. The van der Waals surface area contributed by atoms with Crippen LogP contribution in [-0.4, -0.2) is 53.3 Å². The fourth-order valence-electron chi connectivity index (χ4n) is 3.30. The van der Waals surface area contributed by atoms with Crippen LogP contribution in [0, 0.1) is 10.1 Å². The van der Waals surface area contributed by atoms with Crippen LogP contribution in [0.2, 0.25) is 0 Å². The topological polar surface area (TPSA) is 150 Å². The van der Waals surface area contributed by atoms with E-state index in [2.05, 4.69) is 10.5 Å². The standard InChI is InChI=1S/C24H24N4O8S/c1-34-21-13-17(14-22(35-2)24(21)36-3)15-25-26-23(29)16-27(18-9-11-19(12-10-18)28(30)31)37(32,33)20-7-5-4-6-8-20/h4-15H,16H2,1-3H3,(H,26,29)/b25-15-. The third kappa shape index (κ3) is 6.32. The van der Waals surface area contributed by atoms with Gasteiger partial charge in [0.15, 0.2) is 11.5 Å².